The van der Waals surface area contributed by atoms with Gasteiger partial charge in [0.1, 0.15) is 10.7 Å². The third-order valence-corrected chi connectivity index (χ3v) is 4.52. The van der Waals surface area contributed by atoms with E-state index in [0.29, 0.717) is 25.4 Å². The minimum atomic E-state index is -3.53. The first kappa shape index (κ1) is 15.6. The number of nitrogens with zero attached hydrogens (tertiary/aromatic N) is 1. The molecule has 6 nitrogen and oxygen atoms in total. The Morgan fingerprint density at radius 1 is 1.44 bits per heavy atom. The van der Waals surface area contributed by atoms with Crippen molar-refractivity contribution in [3.05, 3.63) is 16.5 Å². The van der Waals surface area contributed by atoms with Crippen molar-refractivity contribution >= 4 is 26.0 Å². The summed E-state index contributed by atoms with van der Waals surface area (Å²) in [6.07, 6.45) is 0. The first-order valence-corrected chi connectivity index (χ1v) is 7.71. The van der Waals surface area contributed by atoms with E-state index in [4.69, 9.17) is 4.42 Å². The number of hydrogen-bond donors (Lipinski definition) is 2. The summed E-state index contributed by atoms with van der Waals surface area (Å²) < 4.78 is 32.1. The normalized spacial score (nSPS) is 12.3. The molecule has 0 aliphatic carbocycles. The van der Waals surface area contributed by atoms with Crippen LogP contribution in [0.2, 0.25) is 0 Å². The van der Waals surface area contributed by atoms with Crippen LogP contribution in [0.25, 0.3) is 0 Å². The van der Waals surface area contributed by atoms with Crippen molar-refractivity contribution in [2.75, 3.05) is 34.2 Å². The van der Waals surface area contributed by atoms with Crippen LogP contribution in [0.15, 0.2) is 20.0 Å². The van der Waals surface area contributed by atoms with Crippen LogP contribution in [0.1, 0.15) is 5.76 Å². The molecule has 0 saturated carbocycles. The van der Waals surface area contributed by atoms with Crippen molar-refractivity contribution in [2.45, 2.75) is 11.4 Å². The zero-order valence-electron chi connectivity index (χ0n) is 10.7. The maximum absolute atomic E-state index is 12.0. The zero-order chi connectivity index (χ0) is 13.8. The predicted octanol–water partition coefficient (Wildman–Crippen LogP) is 0.601. The SMILES string of the molecule is CNCc1cc(S(=O)(=O)NCCN(C)C)c(Br)o1. The van der Waals surface area contributed by atoms with Gasteiger partial charge in [-0.15, -0.1) is 0 Å². The number of rotatable bonds is 7. The van der Waals surface area contributed by atoms with E-state index in [-0.39, 0.29) is 9.56 Å². The minimum Gasteiger partial charge on any atom is -0.452 e. The molecule has 0 fully saturated rings. The zero-order valence-corrected chi connectivity index (χ0v) is 13.1. The average molecular weight is 340 g/mol. The largest absolute Gasteiger partial charge is 0.452 e. The fraction of sp³-hybridized carbons (Fsp3) is 0.600. The molecule has 18 heavy (non-hydrogen) atoms. The van der Waals surface area contributed by atoms with Gasteiger partial charge in [0.25, 0.3) is 0 Å². The summed E-state index contributed by atoms with van der Waals surface area (Å²) in [4.78, 5) is 2.03. The molecule has 0 unspecified atom stereocenters. The van der Waals surface area contributed by atoms with Gasteiger partial charge in [-0.3, -0.25) is 0 Å². The van der Waals surface area contributed by atoms with E-state index < -0.39 is 10.0 Å². The number of hydrogen-bond acceptors (Lipinski definition) is 5. The molecule has 0 atom stereocenters. The van der Waals surface area contributed by atoms with Crippen molar-refractivity contribution in [2.24, 2.45) is 0 Å². The number of furan rings is 1. The van der Waals surface area contributed by atoms with Crippen molar-refractivity contribution in [3.63, 3.8) is 0 Å². The van der Waals surface area contributed by atoms with Crippen molar-refractivity contribution in [1.82, 2.24) is 14.9 Å². The molecule has 1 aromatic rings. The monoisotopic (exact) mass is 339 g/mol. The van der Waals surface area contributed by atoms with E-state index in [2.05, 4.69) is 26.0 Å². The summed E-state index contributed by atoms with van der Waals surface area (Å²) in [7, 11) is 2.00. The molecule has 1 heterocycles. The average Bonchev–Trinajstić information content (AvgIpc) is 2.60. The molecule has 0 saturated heterocycles. The predicted molar refractivity (Wildman–Crippen MR) is 72.9 cm³/mol. The quantitative estimate of drug-likeness (QED) is 0.760. The number of sulfonamides is 1. The van der Waals surface area contributed by atoms with Crippen molar-refractivity contribution in [1.29, 1.82) is 0 Å². The Bertz CT molecular complexity index is 485. The van der Waals surface area contributed by atoms with Gasteiger partial charge in [0.2, 0.25) is 10.0 Å². The van der Waals surface area contributed by atoms with E-state index in [1.165, 1.54) is 6.07 Å². The molecule has 0 spiro atoms. The van der Waals surface area contributed by atoms with E-state index in [1.807, 2.05) is 19.0 Å². The number of likely N-dealkylation sites (N-methyl/N-ethyl adjacent to an activating group) is 1. The van der Waals surface area contributed by atoms with Gasteiger partial charge in [-0.05, 0) is 37.1 Å². The molecule has 0 aromatic carbocycles. The maximum Gasteiger partial charge on any atom is 0.245 e. The lowest BCUT2D eigenvalue weighted by atomic mass is 10.4. The van der Waals surface area contributed by atoms with Crippen LogP contribution in [-0.2, 0) is 16.6 Å². The van der Waals surface area contributed by atoms with Crippen LogP contribution in [-0.4, -0.2) is 47.6 Å². The molecule has 0 bridgehead atoms. The highest BCUT2D eigenvalue weighted by Crippen LogP contribution is 2.25. The minimum absolute atomic E-state index is 0.131. The highest BCUT2D eigenvalue weighted by atomic mass is 79.9. The van der Waals surface area contributed by atoms with Gasteiger partial charge in [0.15, 0.2) is 4.67 Å². The fourth-order valence-corrected chi connectivity index (χ4v) is 3.34. The van der Waals surface area contributed by atoms with Gasteiger partial charge >= 0.3 is 0 Å². The molecule has 0 aliphatic rings. The van der Waals surface area contributed by atoms with Gasteiger partial charge in [0, 0.05) is 19.2 Å². The van der Waals surface area contributed by atoms with E-state index in [9.17, 15) is 8.42 Å². The van der Waals surface area contributed by atoms with Gasteiger partial charge in [-0.25, -0.2) is 13.1 Å². The molecular formula is C10H18BrN3O3S. The first-order valence-electron chi connectivity index (χ1n) is 5.44. The summed E-state index contributed by atoms with van der Waals surface area (Å²) in [5.74, 6) is 0.567. The van der Waals surface area contributed by atoms with Gasteiger partial charge in [0.05, 0.1) is 6.54 Å². The second-order valence-electron chi connectivity index (χ2n) is 4.08. The molecule has 0 aliphatic heterocycles. The Balaban J connectivity index is 2.78. The molecule has 0 amide bonds. The Morgan fingerprint density at radius 2 is 2.11 bits per heavy atom. The second kappa shape index (κ2) is 6.67. The Labute approximate surface area is 116 Å². The molecule has 2 N–H and O–H groups in total. The standard InChI is InChI=1S/C10H18BrN3O3S/c1-12-7-8-6-9(10(11)17-8)18(15,16)13-4-5-14(2)3/h6,12-13H,4-5,7H2,1-3H3. The lowest BCUT2D eigenvalue weighted by molar-refractivity contribution is 0.412. The van der Waals surface area contributed by atoms with E-state index in [1.54, 1.807) is 7.05 Å². The highest BCUT2D eigenvalue weighted by Gasteiger charge is 2.21. The third kappa shape index (κ3) is 4.36. The van der Waals surface area contributed by atoms with E-state index >= 15 is 0 Å². The van der Waals surface area contributed by atoms with Crippen LogP contribution in [0.4, 0.5) is 0 Å². The molecular weight excluding hydrogens is 322 g/mol. The Hall–Kier alpha value is -0.410. The van der Waals surface area contributed by atoms with Crippen LogP contribution < -0.4 is 10.0 Å². The Kier molecular flexibility index (Phi) is 5.80. The molecule has 104 valence electrons. The maximum atomic E-state index is 12.0. The number of nitrogens with one attached hydrogen (secondary N) is 2. The molecule has 0 radical (unpaired) electrons. The van der Waals surface area contributed by atoms with Crippen molar-refractivity contribution < 1.29 is 12.8 Å². The van der Waals surface area contributed by atoms with Crippen LogP contribution in [0.5, 0.6) is 0 Å². The van der Waals surface area contributed by atoms with Crippen LogP contribution >= 0.6 is 15.9 Å². The third-order valence-electron chi connectivity index (χ3n) is 2.20. The summed E-state index contributed by atoms with van der Waals surface area (Å²) >= 11 is 3.12. The summed E-state index contributed by atoms with van der Waals surface area (Å²) in [5, 5.41) is 2.90. The lowest BCUT2D eigenvalue weighted by Gasteiger charge is -2.10. The summed E-state index contributed by atoms with van der Waals surface area (Å²) in [6.45, 7) is 1.47. The molecule has 1 aromatic heterocycles. The summed E-state index contributed by atoms with van der Waals surface area (Å²) in [6, 6.07) is 1.51. The molecule has 1 rings (SSSR count). The highest BCUT2D eigenvalue weighted by molar-refractivity contribution is 9.10. The lowest BCUT2D eigenvalue weighted by Crippen LogP contribution is -2.31. The Morgan fingerprint density at radius 3 is 2.67 bits per heavy atom. The van der Waals surface area contributed by atoms with E-state index in [0.717, 1.165) is 0 Å². The smallest absolute Gasteiger partial charge is 0.245 e. The van der Waals surface area contributed by atoms with Crippen LogP contribution in [0, 0.1) is 0 Å². The van der Waals surface area contributed by atoms with Crippen LogP contribution in [0.3, 0.4) is 0 Å². The van der Waals surface area contributed by atoms with Crippen molar-refractivity contribution in [3.8, 4) is 0 Å². The van der Waals surface area contributed by atoms with Gasteiger partial charge < -0.3 is 14.6 Å². The second-order valence-corrected chi connectivity index (χ2v) is 6.54. The first-order chi connectivity index (χ1) is 8.36. The molecule has 8 heteroatoms. The summed E-state index contributed by atoms with van der Waals surface area (Å²) in [5.41, 5.74) is 0. The fourth-order valence-electron chi connectivity index (χ4n) is 1.32. The number of halogens is 1. The topological polar surface area (TPSA) is 74.6 Å². The van der Waals surface area contributed by atoms with Gasteiger partial charge in [-0.2, -0.15) is 0 Å². The van der Waals surface area contributed by atoms with Gasteiger partial charge in [-0.1, -0.05) is 0 Å².